The molecule has 5 heteroatoms. The average Bonchev–Trinajstić information content (AvgIpc) is 2.34. The lowest BCUT2D eigenvalue weighted by atomic mass is 10.1. The second-order valence-corrected chi connectivity index (χ2v) is 4.23. The fourth-order valence-corrected chi connectivity index (χ4v) is 1.54. The number of carbonyl (C=O) groups is 2. The minimum Gasteiger partial charge on any atom is -0.481 e. The van der Waals surface area contributed by atoms with E-state index in [0.717, 1.165) is 12.8 Å². The van der Waals surface area contributed by atoms with E-state index in [9.17, 15) is 9.59 Å². The molecule has 0 saturated carbocycles. The Morgan fingerprint density at radius 3 is 2.84 bits per heavy atom. The Morgan fingerprint density at radius 1 is 1.37 bits per heavy atom. The molecular weight excluding hydrogens is 246 g/mol. The lowest BCUT2D eigenvalue weighted by molar-refractivity contribution is -0.136. The first-order valence-electron chi connectivity index (χ1n) is 6.30. The molecule has 0 aromatic heterocycles. The maximum Gasteiger partial charge on any atom is 0.307 e. The van der Waals surface area contributed by atoms with Gasteiger partial charge in [0.2, 0.25) is 5.91 Å². The van der Waals surface area contributed by atoms with Gasteiger partial charge in [0.25, 0.3) is 0 Å². The van der Waals surface area contributed by atoms with Crippen LogP contribution in [0.2, 0.25) is 0 Å². The van der Waals surface area contributed by atoms with E-state index in [1.165, 1.54) is 0 Å². The average molecular weight is 265 g/mol. The van der Waals surface area contributed by atoms with Crippen LogP contribution in [0.15, 0.2) is 24.3 Å². The monoisotopic (exact) mass is 265 g/mol. The van der Waals surface area contributed by atoms with Gasteiger partial charge in [-0.25, -0.2) is 0 Å². The lowest BCUT2D eigenvalue weighted by Gasteiger charge is -2.07. The summed E-state index contributed by atoms with van der Waals surface area (Å²) in [5, 5.41) is 11.4. The number of nitrogens with one attached hydrogen (secondary N) is 1. The largest absolute Gasteiger partial charge is 0.481 e. The van der Waals surface area contributed by atoms with Gasteiger partial charge in [-0.05, 0) is 24.1 Å². The van der Waals surface area contributed by atoms with Crippen molar-refractivity contribution in [2.75, 3.05) is 18.5 Å². The smallest absolute Gasteiger partial charge is 0.307 e. The number of amides is 1. The number of carboxylic acids is 1. The van der Waals surface area contributed by atoms with Crippen molar-refractivity contribution in [3.63, 3.8) is 0 Å². The molecule has 0 aliphatic heterocycles. The summed E-state index contributed by atoms with van der Waals surface area (Å²) in [6, 6.07) is 6.79. The van der Waals surface area contributed by atoms with Crippen LogP contribution >= 0.6 is 0 Å². The van der Waals surface area contributed by atoms with Crippen molar-refractivity contribution >= 4 is 17.6 Å². The summed E-state index contributed by atoms with van der Waals surface area (Å²) in [5.41, 5.74) is 1.24. The minimum absolute atomic E-state index is 0.0170. The maximum atomic E-state index is 11.6. The first-order valence-corrected chi connectivity index (χ1v) is 6.30. The summed E-state index contributed by atoms with van der Waals surface area (Å²) >= 11 is 0. The number of unbranched alkanes of at least 4 members (excludes halogenated alkanes) is 1. The van der Waals surface area contributed by atoms with E-state index < -0.39 is 5.97 Å². The zero-order valence-electron chi connectivity index (χ0n) is 11.0. The van der Waals surface area contributed by atoms with Crippen molar-refractivity contribution in [2.45, 2.75) is 26.2 Å². The molecule has 2 N–H and O–H groups in total. The van der Waals surface area contributed by atoms with Crippen molar-refractivity contribution in [1.29, 1.82) is 0 Å². The van der Waals surface area contributed by atoms with E-state index in [0.29, 0.717) is 17.9 Å². The maximum absolute atomic E-state index is 11.6. The molecule has 0 radical (unpaired) electrons. The molecule has 0 unspecified atom stereocenters. The molecule has 104 valence electrons. The van der Waals surface area contributed by atoms with Crippen molar-refractivity contribution in [3.05, 3.63) is 29.8 Å². The summed E-state index contributed by atoms with van der Waals surface area (Å²) in [7, 11) is 0. The standard InChI is InChI=1S/C14H19NO4/c1-2-3-7-19-10-13(16)15-12-6-4-5-11(8-12)9-14(17)18/h4-6,8H,2-3,7,9-10H2,1H3,(H,15,16)(H,17,18). The summed E-state index contributed by atoms with van der Waals surface area (Å²) in [6.07, 6.45) is 1.90. The second-order valence-electron chi connectivity index (χ2n) is 4.23. The van der Waals surface area contributed by atoms with Crippen LogP contribution in [-0.2, 0) is 20.7 Å². The van der Waals surface area contributed by atoms with Crippen molar-refractivity contribution < 1.29 is 19.4 Å². The van der Waals surface area contributed by atoms with Crippen LogP contribution in [0.3, 0.4) is 0 Å². The van der Waals surface area contributed by atoms with Crippen LogP contribution in [0.4, 0.5) is 5.69 Å². The quantitative estimate of drug-likeness (QED) is 0.705. The van der Waals surface area contributed by atoms with Gasteiger partial charge in [-0.1, -0.05) is 25.5 Å². The molecular formula is C14H19NO4. The Kier molecular flexibility index (Phi) is 6.60. The molecule has 5 nitrogen and oxygen atoms in total. The summed E-state index contributed by atoms with van der Waals surface area (Å²) < 4.78 is 5.20. The molecule has 1 aromatic carbocycles. The number of aliphatic carboxylic acids is 1. The number of rotatable bonds is 8. The van der Waals surface area contributed by atoms with Crippen LogP contribution in [0, 0.1) is 0 Å². The number of hydrogen-bond donors (Lipinski definition) is 2. The Hall–Kier alpha value is -1.88. The van der Waals surface area contributed by atoms with Gasteiger partial charge in [-0.3, -0.25) is 9.59 Å². The fourth-order valence-electron chi connectivity index (χ4n) is 1.54. The highest BCUT2D eigenvalue weighted by atomic mass is 16.5. The highest BCUT2D eigenvalue weighted by Gasteiger charge is 2.05. The van der Waals surface area contributed by atoms with Crippen molar-refractivity contribution in [2.24, 2.45) is 0 Å². The van der Waals surface area contributed by atoms with Gasteiger partial charge in [-0.2, -0.15) is 0 Å². The summed E-state index contributed by atoms with van der Waals surface area (Å²) in [4.78, 5) is 22.2. The van der Waals surface area contributed by atoms with E-state index in [4.69, 9.17) is 9.84 Å². The molecule has 1 rings (SSSR count). The van der Waals surface area contributed by atoms with Gasteiger partial charge >= 0.3 is 5.97 Å². The topological polar surface area (TPSA) is 75.6 Å². The molecule has 0 bridgehead atoms. The Bertz CT molecular complexity index is 431. The van der Waals surface area contributed by atoms with E-state index in [1.54, 1.807) is 24.3 Å². The van der Waals surface area contributed by atoms with Crippen LogP contribution in [0.1, 0.15) is 25.3 Å². The summed E-state index contributed by atoms with van der Waals surface area (Å²) in [5.74, 6) is -1.13. The van der Waals surface area contributed by atoms with Gasteiger partial charge in [0.05, 0.1) is 6.42 Å². The van der Waals surface area contributed by atoms with E-state index >= 15 is 0 Å². The highest BCUT2D eigenvalue weighted by molar-refractivity contribution is 5.91. The van der Waals surface area contributed by atoms with Crippen LogP contribution in [0.25, 0.3) is 0 Å². The number of hydrogen-bond acceptors (Lipinski definition) is 3. The predicted molar refractivity (Wildman–Crippen MR) is 72.1 cm³/mol. The third kappa shape index (κ3) is 6.57. The first kappa shape index (κ1) is 15.2. The Balaban J connectivity index is 2.43. The molecule has 0 fully saturated rings. The number of carbonyl (C=O) groups excluding carboxylic acids is 1. The fraction of sp³-hybridized carbons (Fsp3) is 0.429. The third-order valence-corrected chi connectivity index (χ3v) is 2.44. The molecule has 0 spiro atoms. The molecule has 0 atom stereocenters. The number of carboxylic acid groups (broad SMARTS) is 1. The van der Waals surface area contributed by atoms with Gasteiger partial charge in [0.15, 0.2) is 0 Å². The molecule has 19 heavy (non-hydrogen) atoms. The molecule has 0 aliphatic rings. The molecule has 0 aliphatic carbocycles. The zero-order chi connectivity index (χ0) is 14.1. The minimum atomic E-state index is -0.897. The van der Waals surface area contributed by atoms with Crippen molar-refractivity contribution in [1.82, 2.24) is 0 Å². The SMILES string of the molecule is CCCCOCC(=O)Nc1cccc(CC(=O)O)c1. The normalized spacial score (nSPS) is 10.2. The number of anilines is 1. The highest BCUT2D eigenvalue weighted by Crippen LogP contribution is 2.11. The van der Waals surface area contributed by atoms with Gasteiger partial charge in [0.1, 0.15) is 6.61 Å². The van der Waals surface area contributed by atoms with Crippen LogP contribution in [0.5, 0.6) is 0 Å². The Labute approximate surface area is 112 Å². The first-order chi connectivity index (χ1) is 9.11. The summed E-state index contributed by atoms with van der Waals surface area (Å²) in [6.45, 7) is 2.64. The molecule has 0 saturated heterocycles. The number of ether oxygens (including phenoxy) is 1. The van der Waals surface area contributed by atoms with E-state index in [-0.39, 0.29) is 18.9 Å². The van der Waals surface area contributed by atoms with E-state index in [2.05, 4.69) is 12.2 Å². The van der Waals surface area contributed by atoms with E-state index in [1.807, 2.05) is 0 Å². The van der Waals surface area contributed by atoms with Gasteiger partial charge in [0, 0.05) is 12.3 Å². The number of benzene rings is 1. The zero-order valence-corrected chi connectivity index (χ0v) is 11.0. The third-order valence-electron chi connectivity index (χ3n) is 2.44. The second kappa shape index (κ2) is 8.26. The molecule has 1 amide bonds. The molecule has 0 heterocycles. The predicted octanol–water partition coefficient (Wildman–Crippen LogP) is 2.07. The lowest BCUT2D eigenvalue weighted by Crippen LogP contribution is -2.18. The Morgan fingerprint density at radius 2 is 2.16 bits per heavy atom. The van der Waals surface area contributed by atoms with Gasteiger partial charge in [-0.15, -0.1) is 0 Å². The van der Waals surface area contributed by atoms with Gasteiger partial charge < -0.3 is 15.2 Å². The van der Waals surface area contributed by atoms with Crippen LogP contribution < -0.4 is 5.32 Å². The van der Waals surface area contributed by atoms with Crippen LogP contribution in [-0.4, -0.2) is 30.2 Å². The van der Waals surface area contributed by atoms with Crippen molar-refractivity contribution in [3.8, 4) is 0 Å². The molecule has 1 aromatic rings.